The van der Waals surface area contributed by atoms with Crippen molar-refractivity contribution in [3.63, 3.8) is 0 Å². The van der Waals surface area contributed by atoms with Crippen LogP contribution in [0.2, 0.25) is 15.1 Å². The Morgan fingerprint density at radius 3 is 2.39 bits per heavy atom. The molecule has 33 heavy (non-hydrogen) atoms. The molecule has 3 aromatic rings. The summed E-state index contributed by atoms with van der Waals surface area (Å²) in [6.45, 7) is -0.156. The number of rotatable bonds is 9. The van der Waals surface area contributed by atoms with Gasteiger partial charge in [-0.2, -0.15) is 5.10 Å². The Balaban J connectivity index is 1.57. The van der Waals surface area contributed by atoms with Crippen molar-refractivity contribution in [2.24, 2.45) is 5.10 Å². The quantitative estimate of drug-likeness (QED) is 0.287. The van der Waals surface area contributed by atoms with Crippen LogP contribution in [0.3, 0.4) is 0 Å². The summed E-state index contributed by atoms with van der Waals surface area (Å²) in [4.78, 5) is 12.0. The first-order valence-electron chi connectivity index (χ1n) is 9.50. The van der Waals surface area contributed by atoms with E-state index in [0.717, 1.165) is 5.56 Å². The summed E-state index contributed by atoms with van der Waals surface area (Å²) in [6.07, 6.45) is 1.46. The molecule has 0 aliphatic heterocycles. The van der Waals surface area contributed by atoms with Crippen LogP contribution in [0.25, 0.3) is 0 Å². The summed E-state index contributed by atoms with van der Waals surface area (Å²) in [7, 11) is 1.55. The maximum Gasteiger partial charge on any atom is 0.277 e. The smallest absolute Gasteiger partial charge is 0.277 e. The molecule has 0 aromatic heterocycles. The fraction of sp³-hybridized carbons (Fsp3) is 0.130. The van der Waals surface area contributed by atoms with Crippen molar-refractivity contribution in [1.82, 2.24) is 5.43 Å². The van der Waals surface area contributed by atoms with Gasteiger partial charge < -0.3 is 14.2 Å². The lowest BCUT2D eigenvalue weighted by atomic mass is 10.1. The molecule has 0 saturated heterocycles. The third-order valence-electron chi connectivity index (χ3n) is 4.23. The summed E-state index contributed by atoms with van der Waals surface area (Å²) in [6, 6.07) is 13.9. The lowest BCUT2D eigenvalue weighted by Crippen LogP contribution is -2.24. The van der Waals surface area contributed by atoms with Crippen molar-refractivity contribution >= 4 is 46.9 Å². The van der Waals surface area contributed by atoms with Gasteiger partial charge in [0.05, 0.1) is 23.4 Å². The highest BCUT2D eigenvalue weighted by Gasteiger charge is 2.11. The predicted molar refractivity (Wildman–Crippen MR) is 126 cm³/mol. The van der Waals surface area contributed by atoms with Gasteiger partial charge in [-0.05, 0) is 60.2 Å². The Kier molecular flexibility index (Phi) is 8.77. The van der Waals surface area contributed by atoms with Crippen LogP contribution in [0.15, 0.2) is 59.7 Å². The molecule has 0 aliphatic carbocycles. The van der Waals surface area contributed by atoms with E-state index in [9.17, 15) is 9.18 Å². The van der Waals surface area contributed by atoms with E-state index in [1.54, 1.807) is 25.3 Å². The number of methoxy groups -OCH3 is 1. The Morgan fingerprint density at radius 1 is 1.03 bits per heavy atom. The molecule has 3 aromatic carbocycles. The first kappa shape index (κ1) is 24.6. The van der Waals surface area contributed by atoms with Gasteiger partial charge in [-0.3, -0.25) is 4.79 Å². The van der Waals surface area contributed by atoms with Gasteiger partial charge in [0.15, 0.2) is 12.4 Å². The normalized spacial score (nSPS) is 10.8. The Morgan fingerprint density at radius 2 is 1.73 bits per heavy atom. The summed E-state index contributed by atoms with van der Waals surface area (Å²) < 4.78 is 29.4. The number of carbonyl (C=O) groups is 1. The topological polar surface area (TPSA) is 69.2 Å². The molecule has 0 atom stereocenters. The lowest BCUT2D eigenvalue weighted by Gasteiger charge is -2.11. The Labute approximate surface area is 204 Å². The van der Waals surface area contributed by atoms with Crippen LogP contribution in [-0.2, 0) is 11.4 Å². The highest BCUT2D eigenvalue weighted by Crippen LogP contribution is 2.35. The van der Waals surface area contributed by atoms with Crippen molar-refractivity contribution in [3.8, 4) is 17.2 Å². The molecule has 0 spiro atoms. The van der Waals surface area contributed by atoms with Crippen molar-refractivity contribution in [2.45, 2.75) is 6.61 Å². The third kappa shape index (κ3) is 7.25. The van der Waals surface area contributed by atoms with Gasteiger partial charge in [-0.15, -0.1) is 0 Å². The minimum Gasteiger partial charge on any atom is -0.496 e. The third-order valence-corrected chi connectivity index (χ3v) is 5.01. The largest absolute Gasteiger partial charge is 0.496 e. The van der Waals surface area contributed by atoms with Gasteiger partial charge in [0.1, 0.15) is 23.9 Å². The van der Waals surface area contributed by atoms with Crippen LogP contribution >= 0.6 is 34.8 Å². The summed E-state index contributed by atoms with van der Waals surface area (Å²) in [5.41, 5.74) is 3.79. The molecule has 10 heteroatoms. The fourth-order valence-corrected chi connectivity index (χ4v) is 3.63. The van der Waals surface area contributed by atoms with E-state index >= 15 is 0 Å². The Bertz CT molecular complexity index is 1130. The van der Waals surface area contributed by atoms with E-state index in [0.29, 0.717) is 22.1 Å². The molecule has 1 N–H and O–H groups in total. The highest BCUT2D eigenvalue weighted by molar-refractivity contribution is 6.40. The molecule has 0 heterocycles. The molecular formula is C23H18Cl3FN2O4. The molecule has 0 bridgehead atoms. The Hall–Kier alpha value is -3.00. The lowest BCUT2D eigenvalue weighted by molar-refractivity contribution is -0.123. The summed E-state index contributed by atoms with van der Waals surface area (Å²) in [5.74, 6) is 0.434. The van der Waals surface area contributed by atoms with Crippen LogP contribution in [0.5, 0.6) is 17.2 Å². The first-order valence-corrected chi connectivity index (χ1v) is 10.6. The van der Waals surface area contributed by atoms with Gasteiger partial charge in [-0.25, -0.2) is 9.82 Å². The molecule has 0 unspecified atom stereocenters. The highest BCUT2D eigenvalue weighted by atomic mass is 35.5. The number of carbonyl (C=O) groups excluding carboxylic acids is 1. The van der Waals surface area contributed by atoms with Gasteiger partial charge >= 0.3 is 0 Å². The fourth-order valence-electron chi connectivity index (χ4n) is 2.70. The van der Waals surface area contributed by atoms with Crippen LogP contribution in [0, 0.1) is 5.82 Å². The minimum atomic E-state index is -0.512. The molecule has 6 nitrogen and oxygen atoms in total. The summed E-state index contributed by atoms with van der Waals surface area (Å²) >= 11 is 17.9. The number of amides is 1. The minimum absolute atomic E-state index is 0.155. The molecule has 0 fully saturated rings. The van der Waals surface area contributed by atoms with E-state index in [-0.39, 0.29) is 34.8 Å². The monoisotopic (exact) mass is 510 g/mol. The van der Waals surface area contributed by atoms with Crippen molar-refractivity contribution < 1.29 is 23.4 Å². The van der Waals surface area contributed by atoms with Crippen LogP contribution in [-0.4, -0.2) is 25.8 Å². The maximum atomic E-state index is 13.0. The average molecular weight is 512 g/mol. The zero-order valence-electron chi connectivity index (χ0n) is 17.3. The molecule has 0 radical (unpaired) electrons. The number of halogens is 4. The number of ether oxygens (including phenoxy) is 3. The number of nitrogens with zero attached hydrogens (tertiary/aromatic N) is 1. The number of hydrazone groups is 1. The zero-order chi connectivity index (χ0) is 23.8. The van der Waals surface area contributed by atoms with E-state index in [1.807, 2.05) is 0 Å². The maximum absolute atomic E-state index is 13.0. The van der Waals surface area contributed by atoms with Gasteiger partial charge in [-0.1, -0.05) is 34.8 Å². The first-order chi connectivity index (χ1) is 15.9. The molecule has 1 amide bonds. The second-order valence-corrected chi connectivity index (χ2v) is 7.85. The van der Waals surface area contributed by atoms with Crippen LogP contribution in [0.1, 0.15) is 11.1 Å². The van der Waals surface area contributed by atoms with Gasteiger partial charge in [0, 0.05) is 10.6 Å². The second kappa shape index (κ2) is 11.7. The van der Waals surface area contributed by atoms with Crippen molar-refractivity contribution in [1.29, 1.82) is 0 Å². The SMILES string of the molecule is COc1ccc(C=NNC(=O)COc2c(Cl)cc(Cl)cc2Cl)cc1COc1ccc(F)cc1. The van der Waals surface area contributed by atoms with E-state index < -0.39 is 5.91 Å². The number of hydrogen-bond acceptors (Lipinski definition) is 5. The van der Waals surface area contributed by atoms with Gasteiger partial charge in [0.2, 0.25) is 0 Å². The average Bonchev–Trinajstić information content (AvgIpc) is 2.78. The van der Waals surface area contributed by atoms with Crippen molar-refractivity contribution in [3.05, 3.63) is 86.6 Å². The number of nitrogens with one attached hydrogen (secondary N) is 1. The molecular weight excluding hydrogens is 494 g/mol. The second-order valence-electron chi connectivity index (χ2n) is 6.59. The summed E-state index contributed by atoms with van der Waals surface area (Å²) in [5, 5.41) is 4.66. The standard InChI is InChI=1S/C23H18Cl3FN2O4/c1-31-21-7-2-14(8-15(21)12-32-18-5-3-17(27)4-6-18)11-28-29-22(30)13-33-23-19(25)9-16(24)10-20(23)26/h2-11H,12-13H2,1H3,(H,29,30). The van der Waals surface area contributed by atoms with E-state index in [2.05, 4.69) is 10.5 Å². The molecule has 3 rings (SSSR count). The molecule has 0 saturated carbocycles. The molecule has 0 aliphatic rings. The number of hydrogen-bond donors (Lipinski definition) is 1. The predicted octanol–water partition coefficient (Wildman–Crippen LogP) is 5.90. The van der Waals surface area contributed by atoms with Gasteiger partial charge in [0.25, 0.3) is 5.91 Å². The van der Waals surface area contributed by atoms with E-state index in [1.165, 1.54) is 42.6 Å². The van der Waals surface area contributed by atoms with E-state index in [4.69, 9.17) is 49.0 Å². The number of benzene rings is 3. The van der Waals surface area contributed by atoms with Crippen LogP contribution < -0.4 is 19.6 Å². The zero-order valence-corrected chi connectivity index (χ0v) is 19.5. The molecule has 172 valence electrons. The van der Waals surface area contributed by atoms with Crippen LogP contribution in [0.4, 0.5) is 4.39 Å². The van der Waals surface area contributed by atoms with Crippen molar-refractivity contribution in [2.75, 3.05) is 13.7 Å².